The number of benzene rings is 2. The van der Waals surface area contributed by atoms with E-state index in [1.54, 1.807) is 0 Å². The maximum Gasteiger partial charge on any atom is 0.0320 e. The topological polar surface area (TPSA) is 29.3 Å². The summed E-state index contributed by atoms with van der Waals surface area (Å²) in [4.78, 5) is 2.57. The van der Waals surface area contributed by atoms with Crippen molar-refractivity contribution in [2.24, 2.45) is 0 Å². The molecule has 0 unspecified atom stereocenters. The molecule has 2 nitrogen and oxygen atoms in total. The van der Waals surface area contributed by atoms with E-state index in [0.717, 1.165) is 12.1 Å². The van der Waals surface area contributed by atoms with Crippen molar-refractivity contribution in [3.63, 3.8) is 0 Å². The molecule has 1 saturated heterocycles. The fourth-order valence-electron chi connectivity index (χ4n) is 3.01. The molecule has 1 aliphatic rings. The van der Waals surface area contributed by atoms with Gasteiger partial charge in [-0.25, -0.2) is 0 Å². The SMILES string of the molecule is Nc1cccc(-c2ccccc2CCN2CCCC2)c1. The first-order valence-corrected chi connectivity index (χ1v) is 7.49. The van der Waals surface area contributed by atoms with E-state index in [-0.39, 0.29) is 0 Å². The summed E-state index contributed by atoms with van der Waals surface area (Å²) in [6.45, 7) is 3.69. The highest BCUT2D eigenvalue weighted by molar-refractivity contribution is 5.70. The molecule has 0 radical (unpaired) electrons. The zero-order valence-electron chi connectivity index (χ0n) is 11.9. The summed E-state index contributed by atoms with van der Waals surface area (Å²) >= 11 is 0. The van der Waals surface area contributed by atoms with Crippen LogP contribution in [0.15, 0.2) is 48.5 Å². The van der Waals surface area contributed by atoms with Gasteiger partial charge in [0, 0.05) is 12.2 Å². The maximum atomic E-state index is 5.91. The molecule has 0 saturated carbocycles. The molecule has 0 amide bonds. The number of likely N-dealkylation sites (tertiary alicyclic amines) is 1. The van der Waals surface area contributed by atoms with E-state index < -0.39 is 0 Å². The fraction of sp³-hybridized carbons (Fsp3) is 0.333. The van der Waals surface area contributed by atoms with Crippen LogP contribution in [0.2, 0.25) is 0 Å². The highest BCUT2D eigenvalue weighted by Crippen LogP contribution is 2.26. The van der Waals surface area contributed by atoms with Crippen LogP contribution in [0.3, 0.4) is 0 Å². The molecular formula is C18H22N2. The van der Waals surface area contributed by atoms with Gasteiger partial charge in [0.2, 0.25) is 0 Å². The number of hydrogen-bond acceptors (Lipinski definition) is 2. The van der Waals surface area contributed by atoms with Crippen molar-refractivity contribution < 1.29 is 0 Å². The van der Waals surface area contributed by atoms with Crippen molar-refractivity contribution in [1.29, 1.82) is 0 Å². The van der Waals surface area contributed by atoms with Gasteiger partial charge in [0.25, 0.3) is 0 Å². The third-order valence-corrected chi connectivity index (χ3v) is 4.11. The first-order valence-electron chi connectivity index (χ1n) is 7.49. The van der Waals surface area contributed by atoms with Crippen LogP contribution < -0.4 is 5.73 Å². The summed E-state index contributed by atoms with van der Waals surface area (Å²) in [5.74, 6) is 0. The highest BCUT2D eigenvalue weighted by Gasteiger charge is 2.12. The van der Waals surface area contributed by atoms with Gasteiger partial charge in [-0.1, -0.05) is 36.4 Å². The Balaban J connectivity index is 1.80. The van der Waals surface area contributed by atoms with Gasteiger partial charge in [-0.2, -0.15) is 0 Å². The van der Waals surface area contributed by atoms with Crippen molar-refractivity contribution in [2.45, 2.75) is 19.3 Å². The molecule has 20 heavy (non-hydrogen) atoms. The number of nitrogens with zero attached hydrogens (tertiary/aromatic N) is 1. The molecule has 1 fully saturated rings. The summed E-state index contributed by atoms with van der Waals surface area (Å²) in [7, 11) is 0. The largest absolute Gasteiger partial charge is 0.399 e. The molecule has 1 heterocycles. The van der Waals surface area contributed by atoms with Gasteiger partial charge in [0.1, 0.15) is 0 Å². The Morgan fingerprint density at radius 2 is 1.75 bits per heavy atom. The van der Waals surface area contributed by atoms with Gasteiger partial charge in [-0.3, -0.25) is 0 Å². The molecule has 0 aromatic heterocycles. The summed E-state index contributed by atoms with van der Waals surface area (Å²) in [5, 5.41) is 0. The highest BCUT2D eigenvalue weighted by atomic mass is 15.1. The molecule has 0 bridgehead atoms. The molecule has 2 aromatic rings. The first kappa shape index (κ1) is 13.2. The average molecular weight is 266 g/mol. The lowest BCUT2D eigenvalue weighted by Gasteiger charge is -2.16. The minimum absolute atomic E-state index is 0.830. The van der Waals surface area contributed by atoms with Crippen LogP contribution in [0.4, 0.5) is 5.69 Å². The molecule has 104 valence electrons. The smallest absolute Gasteiger partial charge is 0.0320 e. The first-order chi connectivity index (χ1) is 9.83. The molecule has 2 aromatic carbocycles. The summed E-state index contributed by atoms with van der Waals surface area (Å²) in [6.07, 6.45) is 3.83. The number of nitrogen functional groups attached to an aromatic ring is 1. The normalized spacial score (nSPS) is 15.6. The van der Waals surface area contributed by atoms with E-state index in [1.165, 1.54) is 49.2 Å². The molecule has 0 spiro atoms. The van der Waals surface area contributed by atoms with Crippen LogP contribution in [0.25, 0.3) is 11.1 Å². The Morgan fingerprint density at radius 3 is 2.55 bits per heavy atom. The van der Waals surface area contributed by atoms with Crippen LogP contribution in [0, 0.1) is 0 Å². The zero-order chi connectivity index (χ0) is 13.8. The third-order valence-electron chi connectivity index (χ3n) is 4.11. The summed E-state index contributed by atoms with van der Waals surface area (Å²) in [6, 6.07) is 16.9. The number of rotatable bonds is 4. The van der Waals surface area contributed by atoms with Gasteiger partial charge < -0.3 is 10.6 Å². The Hall–Kier alpha value is -1.80. The fourth-order valence-corrected chi connectivity index (χ4v) is 3.01. The number of hydrogen-bond donors (Lipinski definition) is 1. The van der Waals surface area contributed by atoms with Crippen LogP contribution >= 0.6 is 0 Å². The van der Waals surface area contributed by atoms with E-state index in [9.17, 15) is 0 Å². The Kier molecular flexibility index (Phi) is 4.03. The van der Waals surface area contributed by atoms with E-state index >= 15 is 0 Å². The summed E-state index contributed by atoms with van der Waals surface area (Å²) < 4.78 is 0. The molecule has 0 aliphatic carbocycles. The Morgan fingerprint density at radius 1 is 0.950 bits per heavy atom. The molecule has 0 atom stereocenters. The maximum absolute atomic E-state index is 5.91. The predicted octanol–water partition coefficient (Wildman–Crippen LogP) is 3.57. The average Bonchev–Trinajstić information content (AvgIpc) is 2.99. The van der Waals surface area contributed by atoms with E-state index in [4.69, 9.17) is 5.73 Å². The van der Waals surface area contributed by atoms with Gasteiger partial charge >= 0.3 is 0 Å². The molecule has 1 aliphatic heterocycles. The van der Waals surface area contributed by atoms with Crippen LogP contribution in [-0.4, -0.2) is 24.5 Å². The van der Waals surface area contributed by atoms with Crippen molar-refractivity contribution in [1.82, 2.24) is 4.90 Å². The number of nitrogens with two attached hydrogens (primary N) is 1. The number of anilines is 1. The monoisotopic (exact) mass is 266 g/mol. The quantitative estimate of drug-likeness (QED) is 0.857. The second-order valence-electron chi connectivity index (χ2n) is 5.58. The van der Waals surface area contributed by atoms with Crippen LogP contribution in [0.1, 0.15) is 18.4 Å². The zero-order valence-corrected chi connectivity index (χ0v) is 11.9. The van der Waals surface area contributed by atoms with Crippen molar-refractivity contribution in [3.8, 4) is 11.1 Å². The Labute approximate surface area is 121 Å². The van der Waals surface area contributed by atoms with E-state index in [1.807, 2.05) is 12.1 Å². The third kappa shape index (κ3) is 3.02. The molecule has 2 N–H and O–H groups in total. The lowest BCUT2D eigenvalue weighted by molar-refractivity contribution is 0.343. The van der Waals surface area contributed by atoms with E-state index in [0.29, 0.717) is 0 Å². The van der Waals surface area contributed by atoms with Gasteiger partial charge in [0.05, 0.1) is 0 Å². The molecular weight excluding hydrogens is 244 g/mol. The second-order valence-corrected chi connectivity index (χ2v) is 5.58. The van der Waals surface area contributed by atoms with E-state index in [2.05, 4.69) is 41.3 Å². The van der Waals surface area contributed by atoms with Gasteiger partial charge in [-0.05, 0) is 61.2 Å². The second kappa shape index (κ2) is 6.10. The predicted molar refractivity (Wildman–Crippen MR) is 85.7 cm³/mol. The molecule has 2 heteroatoms. The van der Waals surface area contributed by atoms with Crippen molar-refractivity contribution in [3.05, 3.63) is 54.1 Å². The minimum atomic E-state index is 0.830. The van der Waals surface area contributed by atoms with Crippen molar-refractivity contribution in [2.75, 3.05) is 25.4 Å². The minimum Gasteiger partial charge on any atom is -0.399 e. The lowest BCUT2D eigenvalue weighted by Crippen LogP contribution is -2.22. The lowest BCUT2D eigenvalue weighted by atomic mass is 9.97. The van der Waals surface area contributed by atoms with Crippen molar-refractivity contribution >= 4 is 5.69 Å². The molecule has 3 rings (SSSR count). The van der Waals surface area contributed by atoms with Gasteiger partial charge in [-0.15, -0.1) is 0 Å². The standard InChI is InChI=1S/C18H22N2/c19-17-8-5-7-16(14-17)18-9-2-1-6-15(18)10-13-20-11-3-4-12-20/h1-2,5-9,14H,3-4,10-13,19H2. The Bertz CT molecular complexity index is 571. The van der Waals surface area contributed by atoms with Crippen LogP contribution in [0.5, 0.6) is 0 Å². The van der Waals surface area contributed by atoms with Gasteiger partial charge in [0.15, 0.2) is 0 Å². The summed E-state index contributed by atoms with van der Waals surface area (Å²) in [5.41, 5.74) is 10.7. The van der Waals surface area contributed by atoms with Crippen LogP contribution in [-0.2, 0) is 6.42 Å².